The number of ether oxygens (including phenoxy) is 2. The van der Waals surface area contributed by atoms with Crippen LogP contribution in [-0.2, 0) is 22.4 Å². The first-order valence-electron chi connectivity index (χ1n) is 13.7. The number of thiophene rings is 1. The van der Waals surface area contributed by atoms with Crippen molar-refractivity contribution in [1.82, 2.24) is 4.90 Å². The minimum absolute atomic E-state index is 0.0316. The van der Waals surface area contributed by atoms with E-state index < -0.39 is 5.60 Å². The monoisotopic (exact) mass is 526 g/mol. The normalized spacial score (nSPS) is 25.6. The predicted molar refractivity (Wildman–Crippen MR) is 144 cm³/mol. The lowest BCUT2D eigenvalue weighted by atomic mass is 9.66. The lowest BCUT2D eigenvalue weighted by Crippen LogP contribution is -2.56. The Bertz CT molecular complexity index is 1150. The number of benzene rings is 1. The Balaban J connectivity index is 1.43. The molecule has 2 N–H and O–H groups in total. The van der Waals surface area contributed by atoms with Gasteiger partial charge >= 0.3 is 5.97 Å². The third-order valence-electron chi connectivity index (χ3n) is 8.37. The van der Waals surface area contributed by atoms with Crippen LogP contribution in [-0.4, -0.2) is 54.3 Å². The maximum absolute atomic E-state index is 13.5. The number of para-hydroxylation sites is 1. The summed E-state index contributed by atoms with van der Waals surface area (Å²) in [6.45, 7) is 3.33. The van der Waals surface area contributed by atoms with Crippen LogP contribution in [0.4, 0.5) is 5.00 Å². The second-order valence-electron chi connectivity index (χ2n) is 10.5. The molecule has 0 bridgehead atoms. The Labute approximate surface area is 223 Å². The maximum Gasteiger partial charge on any atom is 0.341 e. The van der Waals surface area contributed by atoms with Crippen LogP contribution in [0.15, 0.2) is 24.3 Å². The number of piperidine rings is 1. The molecule has 0 spiro atoms. The van der Waals surface area contributed by atoms with E-state index >= 15 is 0 Å². The number of fused-ring (bicyclic) bond motifs is 2. The van der Waals surface area contributed by atoms with Crippen LogP contribution in [0, 0.1) is 5.92 Å². The molecule has 2 aliphatic carbocycles. The van der Waals surface area contributed by atoms with Crippen LogP contribution in [0.3, 0.4) is 0 Å². The summed E-state index contributed by atoms with van der Waals surface area (Å²) in [5, 5.41) is 15.3. The van der Waals surface area contributed by atoms with Crippen molar-refractivity contribution < 1.29 is 24.2 Å². The topological polar surface area (TPSA) is 88.1 Å². The molecular weight excluding hydrogens is 488 g/mol. The van der Waals surface area contributed by atoms with E-state index in [2.05, 4.69) is 16.3 Å². The SMILES string of the molecule is CCOc1ccccc1[C@@H]1[C@H]2CCCC[C@]2(O)CCN1CC(=O)Nc1sc2c(c1C(=O)OC)CCCC2. The van der Waals surface area contributed by atoms with Crippen molar-refractivity contribution >= 4 is 28.2 Å². The number of hydrogen-bond donors (Lipinski definition) is 2. The summed E-state index contributed by atoms with van der Waals surface area (Å²) in [7, 11) is 1.39. The molecule has 7 nitrogen and oxygen atoms in total. The van der Waals surface area contributed by atoms with Gasteiger partial charge in [0.2, 0.25) is 5.91 Å². The van der Waals surface area contributed by atoms with Crippen LogP contribution >= 0.6 is 11.3 Å². The van der Waals surface area contributed by atoms with Gasteiger partial charge in [0.1, 0.15) is 10.8 Å². The Morgan fingerprint density at radius 2 is 1.97 bits per heavy atom. The van der Waals surface area contributed by atoms with Gasteiger partial charge in [-0.15, -0.1) is 11.3 Å². The van der Waals surface area contributed by atoms with Gasteiger partial charge in [0, 0.05) is 28.9 Å². The molecule has 1 aromatic heterocycles. The molecule has 3 aliphatic rings. The lowest BCUT2D eigenvalue weighted by molar-refractivity contribution is -0.135. The fraction of sp³-hybridized carbons (Fsp3) is 0.586. The van der Waals surface area contributed by atoms with E-state index in [4.69, 9.17) is 9.47 Å². The first-order valence-corrected chi connectivity index (χ1v) is 14.5. The van der Waals surface area contributed by atoms with Crippen molar-refractivity contribution in [2.24, 2.45) is 5.92 Å². The zero-order valence-electron chi connectivity index (χ0n) is 21.9. The molecule has 200 valence electrons. The van der Waals surface area contributed by atoms with Crippen LogP contribution in [0.1, 0.15) is 84.3 Å². The summed E-state index contributed by atoms with van der Waals surface area (Å²) in [6.07, 6.45) is 8.39. The maximum atomic E-state index is 13.5. The molecule has 1 saturated carbocycles. The van der Waals surface area contributed by atoms with E-state index in [9.17, 15) is 14.7 Å². The number of amides is 1. The molecule has 1 aliphatic heterocycles. The van der Waals surface area contributed by atoms with Crippen molar-refractivity contribution in [2.45, 2.75) is 76.4 Å². The molecule has 0 unspecified atom stereocenters. The number of methoxy groups -OCH3 is 1. The predicted octanol–water partition coefficient (Wildman–Crippen LogP) is 5.12. The van der Waals surface area contributed by atoms with Crippen LogP contribution in [0.5, 0.6) is 5.75 Å². The zero-order chi connectivity index (χ0) is 26.0. The number of nitrogens with zero attached hydrogens (tertiary/aromatic N) is 1. The average Bonchev–Trinajstić information content (AvgIpc) is 3.26. The van der Waals surface area contributed by atoms with Gasteiger partial charge in [-0.1, -0.05) is 31.0 Å². The largest absolute Gasteiger partial charge is 0.494 e. The van der Waals surface area contributed by atoms with Gasteiger partial charge in [-0.2, -0.15) is 0 Å². The zero-order valence-corrected chi connectivity index (χ0v) is 22.7. The molecule has 1 amide bonds. The highest BCUT2D eigenvalue weighted by atomic mass is 32.1. The Morgan fingerprint density at radius 1 is 1.16 bits per heavy atom. The molecule has 2 fully saturated rings. The summed E-state index contributed by atoms with van der Waals surface area (Å²) >= 11 is 1.51. The summed E-state index contributed by atoms with van der Waals surface area (Å²) in [5.41, 5.74) is 1.87. The molecule has 2 heterocycles. The number of carbonyl (C=O) groups is 2. The highest BCUT2D eigenvalue weighted by Gasteiger charge is 2.49. The van der Waals surface area contributed by atoms with Crippen molar-refractivity contribution in [2.75, 3.05) is 32.1 Å². The lowest BCUT2D eigenvalue weighted by Gasteiger charge is -2.52. The minimum atomic E-state index is -0.722. The third-order valence-corrected chi connectivity index (χ3v) is 9.58. The van der Waals surface area contributed by atoms with Gasteiger partial charge in [-0.25, -0.2) is 4.79 Å². The number of aryl methyl sites for hydroxylation is 1. The van der Waals surface area contributed by atoms with Gasteiger partial charge in [0.25, 0.3) is 0 Å². The van der Waals surface area contributed by atoms with Gasteiger partial charge in [0.05, 0.1) is 31.4 Å². The second kappa shape index (κ2) is 11.1. The summed E-state index contributed by atoms with van der Waals surface area (Å²) in [6, 6.07) is 7.90. The number of carbonyl (C=O) groups excluding carboxylic acids is 2. The number of anilines is 1. The Hall–Kier alpha value is -2.42. The number of esters is 1. The van der Waals surface area contributed by atoms with Crippen molar-refractivity contribution in [3.8, 4) is 5.75 Å². The number of nitrogens with one attached hydrogen (secondary N) is 1. The van der Waals surface area contributed by atoms with Crippen LogP contribution < -0.4 is 10.1 Å². The fourth-order valence-corrected chi connectivity index (χ4v) is 7.96. The fourth-order valence-electron chi connectivity index (χ4n) is 6.67. The smallest absolute Gasteiger partial charge is 0.341 e. The molecule has 5 rings (SSSR count). The van der Waals surface area contributed by atoms with Gasteiger partial charge < -0.3 is 19.9 Å². The summed E-state index contributed by atoms with van der Waals surface area (Å²) in [4.78, 5) is 29.5. The quantitative estimate of drug-likeness (QED) is 0.487. The van der Waals surface area contributed by atoms with Crippen molar-refractivity contribution in [1.29, 1.82) is 0 Å². The second-order valence-corrected chi connectivity index (χ2v) is 11.7. The Kier molecular flexibility index (Phi) is 7.88. The Morgan fingerprint density at radius 3 is 2.78 bits per heavy atom. The number of rotatable bonds is 7. The van der Waals surface area contributed by atoms with Crippen LogP contribution in [0.25, 0.3) is 0 Å². The van der Waals surface area contributed by atoms with Crippen molar-refractivity contribution in [3.63, 3.8) is 0 Å². The van der Waals surface area contributed by atoms with Gasteiger partial charge in [-0.3, -0.25) is 9.69 Å². The molecule has 0 radical (unpaired) electrons. The molecule has 1 aromatic carbocycles. The molecule has 37 heavy (non-hydrogen) atoms. The van der Waals surface area contributed by atoms with Crippen LogP contribution in [0.2, 0.25) is 0 Å². The van der Waals surface area contributed by atoms with E-state index in [-0.39, 0.29) is 30.4 Å². The molecule has 3 atom stereocenters. The average molecular weight is 527 g/mol. The first kappa shape index (κ1) is 26.2. The number of hydrogen-bond acceptors (Lipinski definition) is 7. The van der Waals surface area contributed by atoms with Gasteiger partial charge in [-0.05, 0) is 63.5 Å². The highest BCUT2D eigenvalue weighted by molar-refractivity contribution is 7.17. The van der Waals surface area contributed by atoms with Gasteiger partial charge in [0.15, 0.2) is 0 Å². The number of likely N-dealkylation sites (tertiary alicyclic amines) is 1. The highest BCUT2D eigenvalue weighted by Crippen LogP contribution is 2.50. The van der Waals surface area contributed by atoms with E-state index in [1.165, 1.54) is 23.3 Å². The minimum Gasteiger partial charge on any atom is -0.494 e. The first-order chi connectivity index (χ1) is 17.9. The van der Waals surface area contributed by atoms with E-state index in [0.717, 1.165) is 68.2 Å². The summed E-state index contributed by atoms with van der Waals surface area (Å²) < 4.78 is 11.1. The van der Waals surface area contributed by atoms with E-state index in [1.807, 2.05) is 25.1 Å². The number of aliphatic hydroxyl groups is 1. The van der Waals surface area contributed by atoms with E-state index in [0.29, 0.717) is 30.1 Å². The standard InChI is InChI=1S/C29H38N2O5S/c1-3-36-22-13-6-4-10-19(22)26-21-12-8-9-15-29(21,34)16-17-31(26)18-24(32)30-27-25(28(33)35-2)20-11-5-7-14-23(20)37-27/h4,6,10,13,21,26,34H,3,5,7-9,11-12,14-18H2,1-2H3,(H,30,32)/t21-,26-,29+/m1/s1. The van der Waals surface area contributed by atoms with E-state index in [1.54, 1.807) is 0 Å². The summed E-state index contributed by atoms with van der Waals surface area (Å²) in [5.74, 6) is 0.311. The molecule has 8 heteroatoms. The molecule has 2 aromatic rings. The molecular formula is C29H38N2O5S. The molecule has 1 saturated heterocycles. The third kappa shape index (κ3) is 5.16. The van der Waals surface area contributed by atoms with Crippen molar-refractivity contribution in [3.05, 3.63) is 45.8 Å².